The number of carbonyl (C=O) groups is 1. The molecule has 1 N–H and O–H groups in total. The molecule has 1 fully saturated rings. The fraction of sp³-hybridized carbons (Fsp3) is 0.480. The molecule has 1 saturated heterocycles. The maximum Gasteiger partial charge on any atom is 0.318 e. The summed E-state index contributed by atoms with van der Waals surface area (Å²) in [7, 11) is 4.22. The molecule has 3 rings (SSSR count). The molecule has 0 aliphatic carbocycles. The molecule has 0 aromatic heterocycles. The Balaban J connectivity index is 1.62. The van der Waals surface area contributed by atoms with Crippen LogP contribution in [0.5, 0.6) is 0 Å². The Hall–Kier alpha value is -2.37. The molecule has 0 spiro atoms. The van der Waals surface area contributed by atoms with Crippen molar-refractivity contribution in [3.8, 4) is 0 Å². The lowest BCUT2D eigenvalue weighted by molar-refractivity contribution is 0.135. The van der Waals surface area contributed by atoms with Crippen molar-refractivity contribution in [2.75, 3.05) is 53.4 Å². The van der Waals surface area contributed by atoms with E-state index >= 15 is 0 Å². The monoisotopic (exact) mass is 408 g/mol. The lowest BCUT2D eigenvalue weighted by Gasteiger charge is -2.35. The maximum atomic E-state index is 13.1. The van der Waals surface area contributed by atoms with Gasteiger partial charge in [-0.25, -0.2) is 4.79 Å². The van der Waals surface area contributed by atoms with Crippen molar-refractivity contribution in [2.45, 2.75) is 26.3 Å². The Labute approximate surface area is 181 Å². The summed E-state index contributed by atoms with van der Waals surface area (Å²) in [6.45, 7) is 9.83. The molecule has 30 heavy (non-hydrogen) atoms. The molecule has 0 radical (unpaired) electrons. The summed E-state index contributed by atoms with van der Waals surface area (Å²) in [4.78, 5) is 19.7. The molecule has 0 saturated carbocycles. The van der Waals surface area contributed by atoms with Crippen LogP contribution in [0.25, 0.3) is 0 Å². The molecular formula is C25H36N4O. The highest BCUT2D eigenvalue weighted by atomic mass is 16.2. The van der Waals surface area contributed by atoms with E-state index < -0.39 is 0 Å². The van der Waals surface area contributed by atoms with E-state index in [0.717, 1.165) is 50.4 Å². The van der Waals surface area contributed by atoms with Crippen LogP contribution in [0, 0.1) is 13.8 Å². The zero-order valence-electron chi connectivity index (χ0n) is 18.9. The number of benzene rings is 2. The normalized spacial score (nSPS) is 15.1. The molecule has 1 heterocycles. The first kappa shape index (κ1) is 22.3. The van der Waals surface area contributed by atoms with Gasteiger partial charge in [0.2, 0.25) is 0 Å². The molecule has 1 aliphatic heterocycles. The van der Waals surface area contributed by atoms with E-state index in [2.05, 4.69) is 91.6 Å². The second kappa shape index (κ2) is 10.6. The predicted molar refractivity (Wildman–Crippen MR) is 124 cm³/mol. The van der Waals surface area contributed by atoms with Gasteiger partial charge in [-0.1, -0.05) is 59.7 Å². The quantitative estimate of drug-likeness (QED) is 0.760. The fourth-order valence-corrected chi connectivity index (χ4v) is 3.88. The summed E-state index contributed by atoms with van der Waals surface area (Å²) >= 11 is 0. The minimum atomic E-state index is -0.142. The average Bonchev–Trinajstić information content (AvgIpc) is 2.73. The first-order chi connectivity index (χ1) is 14.4. The molecule has 0 unspecified atom stereocenters. The third-order valence-corrected chi connectivity index (χ3v) is 5.83. The second-order valence-corrected chi connectivity index (χ2v) is 8.69. The van der Waals surface area contributed by atoms with Crippen molar-refractivity contribution in [3.05, 3.63) is 70.8 Å². The van der Waals surface area contributed by atoms with Gasteiger partial charge in [0.05, 0.1) is 6.04 Å². The van der Waals surface area contributed by atoms with Gasteiger partial charge in [0.15, 0.2) is 0 Å². The molecule has 2 aromatic rings. The van der Waals surface area contributed by atoms with Gasteiger partial charge in [0.25, 0.3) is 0 Å². The number of aryl methyl sites for hydroxylation is 2. The third kappa shape index (κ3) is 6.31. The Morgan fingerprint density at radius 2 is 1.40 bits per heavy atom. The summed E-state index contributed by atoms with van der Waals surface area (Å²) in [5.41, 5.74) is 4.66. The zero-order valence-corrected chi connectivity index (χ0v) is 18.9. The highest BCUT2D eigenvalue weighted by Crippen LogP contribution is 2.23. The molecule has 2 aromatic carbocycles. The molecule has 5 nitrogen and oxygen atoms in total. The third-order valence-electron chi connectivity index (χ3n) is 5.83. The van der Waals surface area contributed by atoms with Gasteiger partial charge in [0.1, 0.15) is 0 Å². The SMILES string of the molecule is Cc1ccc(C(NC(=O)N2CCN(CCCN(C)C)CC2)c2ccc(C)cc2)cc1. The highest BCUT2D eigenvalue weighted by Gasteiger charge is 2.24. The average molecular weight is 409 g/mol. The first-order valence-electron chi connectivity index (χ1n) is 11.0. The Morgan fingerprint density at radius 3 is 1.87 bits per heavy atom. The van der Waals surface area contributed by atoms with E-state index in [1.54, 1.807) is 0 Å². The van der Waals surface area contributed by atoms with Gasteiger partial charge < -0.3 is 15.1 Å². The summed E-state index contributed by atoms with van der Waals surface area (Å²) in [6, 6.07) is 16.8. The lowest BCUT2D eigenvalue weighted by atomic mass is 9.97. The summed E-state index contributed by atoms with van der Waals surface area (Å²) in [5.74, 6) is 0. The minimum absolute atomic E-state index is 0.0223. The number of rotatable bonds is 7. The van der Waals surface area contributed by atoms with Crippen LogP contribution >= 0.6 is 0 Å². The van der Waals surface area contributed by atoms with Gasteiger partial charge in [0, 0.05) is 26.2 Å². The molecule has 5 heteroatoms. The fourth-order valence-electron chi connectivity index (χ4n) is 3.88. The van der Waals surface area contributed by atoms with Gasteiger partial charge in [-0.05, 0) is 58.6 Å². The number of nitrogens with one attached hydrogen (secondary N) is 1. The summed E-state index contributed by atoms with van der Waals surface area (Å²) < 4.78 is 0. The molecule has 162 valence electrons. The van der Waals surface area contributed by atoms with Crippen LogP contribution in [0.1, 0.15) is 34.7 Å². The van der Waals surface area contributed by atoms with Crippen molar-refractivity contribution in [2.24, 2.45) is 0 Å². The van der Waals surface area contributed by atoms with E-state index in [0.29, 0.717) is 0 Å². The summed E-state index contributed by atoms with van der Waals surface area (Å²) in [6.07, 6.45) is 1.17. The van der Waals surface area contributed by atoms with Gasteiger partial charge in [-0.3, -0.25) is 4.90 Å². The highest BCUT2D eigenvalue weighted by molar-refractivity contribution is 5.75. The predicted octanol–water partition coefficient (Wildman–Crippen LogP) is 3.67. The number of amides is 2. The number of urea groups is 1. The van der Waals surface area contributed by atoms with Gasteiger partial charge in [-0.15, -0.1) is 0 Å². The number of carbonyl (C=O) groups excluding carboxylic acids is 1. The van der Waals surface area contributed by atoms with E-state index in [4.69, 9.17) is 0 Å². The topological polar surface area (TPSA) is 38.8 Å². The largest absolute Gasteiger partial charge is 0.327 e. The Morgan fingerprint density at radius 1 is 0.900 bits per heavy atom. The van der Waals surface area contributed by atoms with Gasteiger partial charge in [-0.2, -0.15) is 0 Å². The van der Waals surface area contributed by atoms with Crippen molar-refractivity contribution in [1.82, 2.24) is 20.0 Å². The first-order valence-corrected chi connectivity index (χ1v) is 11.0. The van der Waals surface area contributed by atoms with E-state index in [1.807, 2.05) is 4.90 Å². The van der Waals surface area contributed by atoms with Crippen molar-refractivity contribution in [1.29, 1.82) is 0 Å². The standard InChI is InChI=1S/C25H36N4O/c1-20-6-10-22(11-7-20)24(23-12-8-21(2)9-13-23)26-25(30)29-18-16-28(17-19-29)15-5-14-27(3)4/h6-13,24H,5,14-19H2,1-4H3,(H,26,30). The van der Waals surface area contributed by atoms with Crippen LogP contribution in [-0.4, -0.2) is 74.1 Å². The van der Waals surface area contributed by atoms with Gasteiger partial charge >= 0.3 is 6.03 Å². The lowest BCUT2D eigenvalue weighted by Crippen LogP contribution is -2.52. The minimum Gasteiger partial charge on any atom is -0.327 e. The maximum absolute atomic E-state index is 13.1. The Kier molecular flexibility index (Phi) is 7.88. The molecule has 0 atom stereocenters. The number of hydrogen-bond acceptors (Lipinski definition) is 3. The number of hydrogen-bond donors (Lipinski definition) is 1. The number of piperazine rings is 1. The van der Waals surface area contributed by atoms with Crippen LogP contribution in [-0.2, 0) is 0 Å². The molecular weight excluding hydrogens is 372 g/mol. The molecule has 1 aliphatic rings. The van der Waals surface area contributed by atoms with Crippen molar-refractivity contribution >= 4 is 6.03 Å². The van der Waals surface area contributed by atoms with Crippen LogP contribution in [0.15, 0.2) is 48.5 Å². The van der Waals surface area contributed by atoms with Crippen LogP contribution in [0.3, 0.4) is 0 Å². The molecule has 2 amide bonds. The van der Waals surface area contributed by atoms with E-state index in [1.165, 1.54) is 17.5 Å². The number of nitrogens with zero attached hydrogens (tertiary/aromatic N) is 3. The van der Waals surface area contributed by atoms with E-state index in [-0.39, 0.29) is 12.1 Å². The van der Waals surface area contributed by atoms with Crippen LogP contribution in [0.2, 0.25) is 0 Å². The second-order valence-electron chi connectivity index (χ2n) is 8.69. The van der Waals surface area contributed by atoms with Crippen molar-refractivity contribution in [3.63, 3.8) is 0 Å². The van der Waals surface area contributed by atoms with Crippen molar-refractivity contribution < 1.29 is 4.79 Å². The molecule has 0 bridgehead atoms. The zero-order chi connectivity index (χ0) is 21.5. The van der Waals surface area contributed by atoms with Crippen LogP contribution in [0.4, 0.5) is 4.79 Å². The van der Waals surface area contributed by atoms with E-state index in [9.17, 15) is 4.79 Å². The summed E-state index contributed by atoms with van der Waals surface area (Å²) in [5, 5.41) is 3.29. The Bertz CT molecular complexity index is 747. The van der Waals surface area contributed by atoms with Crippen LogP contribution < -0.4 is 5.32 Å². The smallest absolute Gasteiger partial charge is 0.318 e.